The molecule has 3 N–H and O–H groups in total. The second kappa shape index (κ2) is 10.9. The van der Waals surface area contributed by atoms with Gasteiger partial charge in [-0.2, -0.15) is 13.2 Å². The summed E-state index contributed by atoms with van der Waals surface area (Å²) in [4.78, 5) is 43.4. The fourth-order valence-electron chi connectivity index (χ4n) is 5.48. The highest BCUT2D eigenvalue weighted by atomic mass is 19.4. The number of carboxylic acids is 1. The van der Waals surface area contributed by atoms with Gasteiger partial charge in [-0.3, -0.25) is 9.59 Å². The highest BCUT2D eigenvalue weighted by molar-refractivity contribution is 5.95. The molecule has 1 heterocycles. The summed E-state index contributed by atoms with van der Waals surface area (Å²) in [6, 6.07) is 8.48. The summed E-state index contributed by atoms with van der Waals surface area (Å²) in [6.07, 6.45) is -4.59. The lowest BCUT2D eigenvalue weighted by molar-refractivity contribution is -0.150. The molecular formula is C29H31F4N3O4. The summed E-state index contributed by atoms with van der Waals surface area (Å²) in [5.74, 6) is -3.46. The van der Waals surface area contributed by atoms with E-state index in [0.717, 1.165) is 6.07 Å². The molecule has 0 spiro atoms. The zero-order chi connectivity index (χ0) is 29.4. The first-order valence-electron chi connectivity index (χ1n) is 13.0. The minimum absolute atomic E-state index is 0.0602. The first kappa shape index (κ1) is 29.1. The number of aromatic nitrogens is 1. The van der Waals surface area contributed by atoms with Gasteiger partial charge in [-0.25, -0.2) is 9.18 Å². The van der Waals surface area contributed by atoms with Crippen molar-refractivity contribution in [1.82, 2.24) is 15.2 Å². The van der Waals surface area contributed by atoms with Crippen molar-refractivity contribution in [2.45, 2.75) is 63.7 Å². The molecule has 1 aliphatic rings. The van der Waals surface area contributed by atoms with Crippen molar-refractivity contribution >= 4 is 28.7 Å². The van der Waals surface area contributed by atoms with E-state index in [-0.39, 0.29) is 48.1 Å². The van der Waals surface area contributed by atoms with E-state index >= 15 is 0 Å². The summed E-state index contributed by atoms with van der Waals surface area (Å²) in [5.41, 5.74) is -1.71. The lowest BCUT2D eigenvalue weighted by Gasteiger charge is -2.38. The van der Waals surface area contributed by atoms with Crippen molar-refractivity contribution in [1.29, 1.82) is 0 Å². The highest BCUT2D eigenvalue weighted by Crippen LogP contribution is 2.40. The molecule has 7 nitrogen and oxygen atoms in total. The van der Waals surface area contributed by atoms with E-state index in [9.17, 15) is 37.1 Å². The second-order valence-corrected chi connectivity index (χ2v) is 10.5. The molecule has 4 rings (SSSR count). The molecule has 1 aliphatic carbocycles. The third kappa shape index (κ3) is 5.41. The molecule has 11 heteroatoms. The Morgan fingerprint density at radius 1 is 1.15 bits per heavy atom. The minimum atomic E-state index is -4.60. The van der Waals surface area contributed by atoms with Crippen LogP contribution in [0.2, 0.25) is 0 Å². The van der Waals surface area contributed by atoms with Crippen LogP contribution in [0.15, 0.2) is 42.5 Å². The van der Waals surface area contributed by atoms with Gasteiger partial charge >= 0.3 is 12.1 Å². The number of aryl methyl sites for hydroxylation is 1. The van der Waals surface area contributed by atoms with E-state index < -0.39 is 46.9 Å². The van der Waals surface area contributed by atoms with Crippen molar-refractivity contribution in [2.24, 2.45) is 5.92 Å². The van der Waals surface area contributed by atoms with Gasteiger partial charge in [0.05, 0.1) is 17.5 Å². The van der Waals surface area contributed by atoms with Crippen LogP contribution in [0, 0.1) is 11.7 Å². The second-order valence-electron chi connectivity index (χ2n) is 10.5. The number of fused-ring (bicyclic) bond motifs is 3. The van der Waals surface area contributed by atoms with Gasteiger partial charge in [0.1, 0.15) is 17.4 Å². The van der Waals surface area contributed by atoms with Gasteiger partial charge in [0.15, 0.2) is 0 Å². The molecule has 0 saturated carbocycles. The van der Waals surface area contributed by atoms with Gasteiger partial charge < -0.3 is 20.3 Å². The average molecular weight is 562 g/mol. The maximum Gasteiger partial charge on any atom is 0.418 e. The Kier molecular flexibility index (Phi) is 7.96. The number of amides is 2. The Balaban J connectivity index is 1.64. The van der Waals surface area contributed by atoms with Crippen LogP contribution in [-0.2, 0) is 39.8 Å². The van der Waals surface area contributed by atoms with Crippen LogP contribution in [-0.4, -0.2) is 51.4 Å². The number of H-pyrrole nitrogens is 1. The lowest BCUT2D eigenvalue weighted by atomic mass is 9.79. The maximum absolute atomic E-state index is 14.2. The van der Waals surface area contributed by atoms with Crippen LogP contribution in [0.5, 0.6) is 0 Å². The number of para-hydroxylation sites is 1. The van der Waals surface area contributed by atoms with E-state index in [0.29, 0.717) is 17.7 Å². The number of nitrogens with one attached hydrogen (secondary N) is 2. The number of carbonyl (C=O) groups is 3. The zero-order valence-corrected chi connectivity index (χ0v) is 22.4. The number of carboxylic acid groups (broad SMARTS) is 1. The summed E-state index contributed by atoms with van der Waals surface area (Å²) < 4.78 is 55.0. The van der Waals surface area contributed by atoms with Crippen molar-refractivity contribution in [3.8, 4) is 0 Å². The van der Waals surface area contributed by atoms with Gasteiger partial charge in [0.2, 0.25) is 11.8 Å². The van der Waals surface area contributed by atoms with Crippen molar-refractivity contribution < 1.29 is 37.1 Å². The molecule has 0 saturated heterocycles. The molecule has 214 valence electrons. The minimum Gasteiger partial charge on any atom is -0.479 e. The van der Waals surface area contributed by atoms with Crippen molar-refractivity contribution in [3.05, 3.63) is 70.7 Å². The molecule has 3 aromatic rings. The van der Waals surface area contributed by atoms with Gasteiger partial charge in [-0.15, -0.1) is 0 Å². The maximum atomic E-state index is 14.2. The molecule has 3 unspecified atom stereocenters. The zero-order valence-electron chi connectivity index (χ0n) is 22.4. The average Bonchev–Trinajstić information content (AvgIpc) is 3.26. The largest absolute Gasteiger partial charge is 0.479 e. The van der Waals surface area contributed by atoms with Crippen molar-refractivity contribution in [3.63, 3.8) is 0 Å². The van der Waals surface area contributed by atoms with Gasteiger partial charge in [0.25, 0.3) is 0 Å². The van der Waals surface area contributed by atoms with E-state index in [2.05, 4.69) is 10.3 Å². The third-order valence-electron chi connectivity index (χ3n) is 7.95. The normalized spacial score (nSPS) is 18.6. The molecular weight excluding hydrogens is 530 g/mol. The molecule has 0 radical (unpaired) electrons. The SMILES string of the molecule is CCC(C)C(C(=O)NC1(C(=O)O)CCc2[nH]c3c(C(F)(F)F)cccc3c2C1)N(C)C(=O)Cc1ccccc1F. The topological polar surface area (TPSA) is 102 Å². The van der Waals surface area contributed by atoms with Crippen LogP contribution >= 0.6 is 0 Å². The fourth-order valence-corrected chi connectivity index (χ4v) is 5.48. The number of aliphatic carboxylic acids is 1. The number of alkyl halides is 3. The first-order valence-corrected chi connectivity index (χ1v) is 13.0. The lowest BCUT2D eigenvalue weighted by Crippen LogP contribution is -2.62. The van der Waals surface area contributed by atoms with Crippen LogP contribution in [0.25, 0.3) is 10.9 Å². The van der Waals surface area contributed by atoms with E-state index in [1.807, 2.05) is 6.92 Å². The van der Waals surface area contributed by atoms with Gasteiger partial charge in [0, 0.05) is 24.5 Å². The monoisotopic (exact) mass is 561 g/mol. The number of carbonyl (C=O) groups excluding carboxylic acids is 2. The van der Waals surface area contributed by atoms with Crippen molar-refractivity contribution in [2.75, 3.05) is 7.05 Å². The number of nitrogens with zero attached hydrogens (tertiary/aromatic N) is 1. The van der Waals surface area contributed by atoms with Gasteiger partial charge in [-0.05, 0) is 42.0 Å². The molecule has 0 bridgehead atoms. The Bertz CT molecular complexity index is 1450. The third-order valence-corrected chi connectivity index (χ3v) is 7.95. The number of aromatic amines is 1. The smallest absolute Gasteiger partial charge is 0.418 e. The fraction of sp³-hybridized carbons (Fsp3) is 0.414. The first-order chi connectivity index (χ1) is 18.8. The molecule has 0 fully saturated rings. The molecule has 40 heavy (non-hydrogen) atoms. The Labute approximate surface area is 228 Å². The molecule has 3 atom stereocenters. The molecule has 2 aromatic carbocycles. The van der Waals surface area contributed by atoms with Crippen LogP contribution in [0.1, 0.15) is 49.1 Å². The van der Waals surface area contributed by atoms with E-state index in [1.54, 1.807) is 13.0 Å². The number of rotatable bonds is 8. The highest BCUT2D eigenvalue weighted by Gasteiger charge is 2.47. The quantitative estimate of drug-likeness (QED) is 0.342. The molecule has 2 amide bonds. The summed E-state index contributed by atoms with van der Waals surface area (Å²) in [5, 5.41) is 13.2. The number of likely N-dealkylation sites (N-methyl/N-ethyl adjacent to an activating group) is 1. The Hall–Kier alpha value is -3.89. The Morgan fingerprint density at radius 3 is 2.48 bits per heavy atom. The Morgan fingerprint density at radius 2 is 1.85 bits per heavy atom. The summed E-state index contributed by atoms with van der Waals surface area (Å²) in [7, 11) is 1.42. The summed E-state index contributed by atoms with van der Waals surface area (Å²) >= 11 is 0. The predicted octanol–water partition coefficient (Wildman–Crippen LogP) is 4.87. The summed E-state index contributed by atoms with van der Waals surface area (Å²) in [6.45, 7) is 3.58. The number of hydrogen-bond donors (Lipinski definition) is 3. The van der Waals surface area contributed by atoms with Crippen LogP contribution < -0.4 is 5.32 Å². The number of hydrogen-bond acceptors (Lipinski definition) is 3. The van der Waals surface area contributed by atoms with Gasteiger partial charge in [-0.1, -0.05) is 50.6 Å². The van der Waals surface area contributed by atoms with Crippen LogP contribution in [0.4, 0.5) is 17.6 Å². The van der Waals surface area contributed by atoms with Crippen LogP contribution in [0.3, 0.4) is 0 Å². The van der Waals surface area contributed by atoms with E-state index in [1.165, 1.54) is 42.3 Å². The molecule has 1 aromatic heterocycles. The molecule has 0 aliphatic heterocycles. The number of benzene rings is 2. The predicted molar refractivity (Wildman–Crippen MR) is 140 cm³/mol. The van der Waals surface area contributed by atoms with E-state index in [4.69, 9.17) is 0 Å². The number of halogens is 4. The standard InChI is InChI=1S/C29H31F4N3O4/c1-4-16(2)25(36(3)23(37)14-17-8-5-6-11-21(17)30)26(38)35-28(27(39)40)13-12-22-19(15-28)18-9-7-10-20(24(18)34-22)29(31,32)33/h5-11,16,25,34H,4,12-15H2,1-3H3,(H,35,38)(H,39,40).